The fourth-order valence-corrected chi connectivity index (χ4v) is 0.787. The molecule has 4 heteroatoms. The van der Waals surface area contributed by atoms with E-state index in [1.54, 1.807) is 0 Å². The Morgan fingerprint density at radius 1 is 1.42 bits per heavy atom. The summed E-state index contributed by atoms with van der Waals surface area (Å²) in [6.07, 6.45) is 0. The van der Waals surface area contributed by atoms with Crippen LogP contribution in [-0.4, -0.2) is 16.7 Å². The maximum atomic E-state index is 5.47. The normalized spacial score (nSPS) is 13.8. The Hall–Kier alpha value is -0.900. The number of rotatable bonds is 3. The van der Waals surface area contributed by atoms with Crippen molar-refractivity contribution in [1.29, 1.82) is 0 Å². The first-order valence-corrected chi connectivity index (χ1v) is 4.18. The molecule has 1 heterocycles. The average Bonchev–Trinajstić information content (AvgIpc) is 2.51. The quantitative estimate of drug-likeness (QED) is 0.739. The van der Waals surface area contributed by atoms with Crippen LogP contribution in [0.25, 0.3) is 0 Å². The van der Waals surface area contributed by atoms with Crippen molar-refractivity contribution in [3.8, 4) is 0 Å². The van der Waals surface area contributed by atoms with Gasteiger partial charge in [0.05, 0.1) is 0 Å². The summed E-state index contributed by atoms with van der Waals surface area (Å²) in [5.41, 5.74) is 5.47. The van der Waals surface area contributed by atoms with Gasteiger partial charge in [0, 0.05) is 18.4 Å². The molecule has 0 aliphatic heterocycles. The second-order valence-corrected chi connectivity index (χ2v) is 3.28. The Kier molecular flexibility index (Phi) is 2.81. The third-order valence-corrected chi connectivity index (χ3v) is 1.75. The standard InChI is InChI=1S/C8H15N3O/c1-5(2)8-10-7(11-12-8)6(3)4-9/h5-6H,4,9H2,1-3H3. The minimum Gasteiger partial charge on any atom is -0.339 e. The van der Waals surface area contributed by atoms with Gasteiger partial charge in [-0.1, -0.05) is 25.9 Å². The first-order valence-electron chi connectivity index (χ1n) is 4.18. The van der Waals surface area contributed by atoms with Crippen LogP contribution < -0.4 is 5.73 Å². The molecule has 0 fully saturated rings. The number of aromatic nitrogens is 2. The Bertz CT molecular complexity index is 244. The van der Waals surface area contributed by atoms with Gasteiger partial charge in [-0.3, -0.25) is 0 Å². The van der Waals surface area contributed by atoms with E-state index in [9.17, 15) is 0 Å². The number of nitrogens with zero attached hydrogens (tertiary/aromatic N) is 2. The molecule has 1 aromatic heterocycles. The molecular formula is C8H15N3O. The predicted molar refractivity (Wildman–Crippen MR) is 45.9 cm³/mol. The molecule has 1 atom stereocenters. The monoisotopic (exact) mass is 169 g/mol. The van der Waals surface area contributed by atoms with Gasteiger partial charge >= 0.3 is 0 Å². The lowest BCUT2D eigenvalue weighted by atomic mass is 10.2. The van der Waals surface area contributed by atoms with E-state index in [2.05, 4.69) is 10.1 Å². The number of hydrogen-bond acceptors (Lipinski definition) is 4. The van der Waals surface area contributed by atoms with Crippen LogP contribution in [0, 0.1) is 0 Å². The minimum absolute atomic E-state index is 0.182. The molecule has 2 N–H and O–H groups in total. The van der Waals surface area contributed by atoms with Gasteiger partial charge in [-0.2, -0.15) is 4.98 Å². The van der Waals surface area contributed by atoms with Crippen LogP contribution >= 0.6 is 0 Å². The van der Waals surface area contributed by atoms with Crippen molar-refractivity contribution in [2.24, 2.45) is 5.73 Å². The van der Waals surface area contributed by atoms with Crippen molar-refractivity contribution < 1.29 is 4.52 Å². The highest BCUT2D eigenvalue weighted by Crippen LogP contribution is 2.15. The van der Waals surface area contributed by atoms with E-state index in [1.165, 1.54) is 0 Å². The molecular weight excluding hydrogens is 154 g/mol. The fourth-order valence-electron chi connectivity index (χ4n) is 0.787. The minimum atomic E-state index is 0.182. The molecule has 0 bridgehead atoms. The lowest BCUT2D eigenvalue weighted by molar-refractivity contribution is 0.358. The topological polar surface area (TPSA) is 64.9 Å². The van der Waals surface area contributed by atoms with Gasteiger partial charge in [0.15, 0.2) is 5.82 Å². The van der Waals surface area contributed by atoms with E-state index in [1.807, 2.05) is 20.8 Å². The van der Waals surface area contributed by atoms with E-state index in [0.29, 0.717) is 18.3 Å². The highest BCUT2D eigenvalue weighted by Gasteiger charge is 2.13. The van der Waals surface area contributed by atoms with E-state index >= 15 is 0 Å². The van der Waals surface area contributed by atoms with E-state index in [4.69, 9.17) is 10.3 Å². The number of nitrogens with two attached hydrogens (primary N) is 1. The Balaban J connectivity index is 2.77. The summed E-state index contributed by atoms with van der Waals surface area (Å²) in [5.74, 6) is 1.86. The summed E-state index contributed by atoms with van der Waals surface area (Å²) in [6.45, 7) is 6.57. The summed E-state index contributed by atoms with van der Waals surface area (Å²) in [7, 11) is 0. The molecule has 0 saturated heterocycles. The molecule has 0 radical (unpaired) electrons. The summed E-state index contributed by atoms with van der Waals surface area (Å²) in [5, 5.41) is 3.84. The molecule has 12 heavy (non-hydrogen) atoms. The second kappa shape index (κ2) is 3.67. The molecule has 0 aromatic carbocycles. The van der Waals surface area contributed by atoms with Gasteiger partial charge in [0.25, 0.3) is 0 Å². The van der Waals surface area contributed by atoms with Crippen LogP contribution in [0.2, 0.25) is 0 Å². The first kappa shape index (κ1) is 9.19. The maximum Gasteiger partial charge on any atom is 0.229 e. The van der Waals surface area contributed by atoms with E-state index in [0.717, 1.165) is 0 Å². The van der Waals surface area contributed by atoms with E-state index < -0.39 is 0 Å². The molecule has 0 saturated carbocycles. The lowest BCUT2D eigenvalue weighted by Gasteiger charge is -1.99. The van der Waals surface area contributed by atoms with E-state index in [-0.39, 0.29) is 11.8 Å². The van der Waals surface area contributed by atoms with Crippen LogP contribution in [-0.2, 0) is 0 Å². The lowest BCUT2D eigenvalue weighted by Crippen LogP contribution is -2.10. The molecule has 4 nitrogen and oxygen atoms in total. The van der Waals surface area contributed by atoms with Crippen molar-refractivity contribution in [2.45, 2.75) is 32.6 Å². The zero-order chi connectivity index (χ0) is 9.14. The fraction of sp³-hybridized carbons (Fsp3) is 0.750. The SMILES string of the molecule is CC(C)c1nc(C(C)CN)no1. The second-order valence-electron chi connectivity index (χ2n) is 3.28. The molecule has 1 unspecified atom stereocenters. The van der Waals surface area contributed by atoms with Crippen molar-refractivity contribution in [2.75, 3.05) is 6.54 Å². The summed E-state index contributed by atoms with van der Waals surface area (Å²) in [4.78, 5) is 4.22. The molecule has 1 rings (SSSR count). The van der Waals surface area contributed by atoms with Gasteiger partial charge in [-0.05, 0) is 0 Å². The molecule has 0 aliphatic rings. The van der Waals surface area contributed by atoms with Crippen LogP contribution in [0.4, 0.5) is 0 Å². The van der Waals surface area contributed by atoms with Gasteiger partial charge in [0.2, 0.25) is 5.89 Å². The van der Waals surface area contributed by atoms with Gasteiger partial charge in [-0.15, -0.1) is 0 Å². The van der Waals surface area contributed by atoms with Crippen LogP contribution in [0.3, 0.4) is 0 Å². The van der Waals surface area contributed by atoms with Gasteiger partial charge < -0.3 is 10.3 Å². The predicted octanol–water partition coefficient (Wildman–Crippen LogP) is 1.26. The van der Waals surface area contributed by atoms with Crippen molar-refractivity contribution in [3.05, 3.63) is 11.7 Å². The van der Waals surface area contributed by atoms with Gasteiger partial charge in [0.1, 0.15) is 0 Å². The third kappa shape index (κ3) is 1.82. The largest absolute Gasteiger partial charge is 0.339 e. The van der Waals surface area contributed by atoms with Crippen molar-refractivity contribution in [1.82, 2.24) is 10.1 Å². The Labute approximate surface area is 72.1 Å². The zero-order valence-electron chi connectivity index (χ0n) is 7.74. The molecule has 0 amide bonds. The van der Waals surface area contributed by atoms with Crippen LogP contribution in [0.5, 0.6) is 0 Å². The molecule has 68 valence electrons. The molecule has 0 aliphatic carbocycles. The third-order valence-electron chi connectivity index (χ3n) is 1.75. The molecule has 0 spiro atoms. The number of hydrogen-bond donors (Lipinski definition) is 1. The molecule has 1 aromatic rings. The highest BCUT2D eigenvalue weighted by atomic mass is 16.5. The zero-order valence-corrected chi connectivity index (χ0v) is 7.74. The summed E-state index contributed by atoms with van der Waals surface area (Å²) in [6, 6.07) is 0. The Morgan fingerprint density at radius 2 is 2.08 bits per heavy atom. The Morgan fingerprint density at radius 3 is 2.50 bits per heavy atom. The first-order chi connectivity index (χ1) is 5.65. The van der Waals surface area contributed by atoms with Crippen molar-refractivity contribution in [3.63, 3.8) is 0 Å². The van der Waals surface area contributed by atoms with Crippen LogP contribution in [0.15, 0.2) is 4.52 Å². The van der Waals surface area contributed by atoms with Crippen LogP contribution in [0.1, 0.15) is 44.3 Å². The highest BCUT2D eigenvalue weighted by molar-refractivity contribution is 4.96. The van der Waals surface area contributed by atoms with Crippen molar-refractivity contribution >= 4 is 0 Å². The maximum absolute atomic E-state index is 5.47. The summed E-state index contributed by atoms with van der Waals surface area (Å²) < 4.78 is 5.03. The smallest absolute Gasteiger partial charge is 0.229 e. The summed E-state index contributed by atoms with van der Waals surface area (Å²) >= 11 is 0. The average molecular weight is 169 g/mol. The van der Waals surface area contributed by atoms with Gasteiger partial charge in [-0.25, -0.2) is 0 Å².